The van der Waals surface area contributed by atoms with Crippen LogP contribution in [0.3, 0.4) is 0 Å². The van der Waals surface area contributed by atoms with Crippen molar-refractivity contribution in [1.29, 1.82) is 0 Å². The Morgan fingerprint density at radius 2 is 1.60 bits per heavy atom. The van der Waals surface area contributed by atoms with Crippen LogP contribution >= 0.6 is 0 Å². The minimum absolute atomic E-state index is 0.105. The number of hydrogen-bond acceptors (Lipinski definition) is 6. The second-order valence-electron chi connectivity index (χ2n) is 4.39. The number of ether oxygens (including phenoxy) is 1. The quantitative estimate of drug-likeness (QED) is 0.625. The lowest BCUT2D eigenvalue weighted by Crippen LogP contribution is -2.15. The fourth-order valence-electron chi connectivity index (χ4n) is 2.04. The third-order valence-electron chi connectivity index (χ3n) is 3.12. The first-order chi connectivity index (χ1) is 9.34. The first-order valence-corrected chi connectivity index (χ1v) is 5.82. The van der Waals surface area contributed by atoms with Gasteiger partial charge in [-0.3, -0.25) is 14.4 Å². The lowest BCUT2D eigenvalue weighted by Gasteiger charge is -2.18. The van der Waals surface area contributed by atoms with E-state index >= 15 is 0 Å². The lowest BCUT2D eigenvalue weighted by molar-refractivity contribution is -0.142. The van der Waals surface area contributed by atoms with E-state index in [-0.39, 0.29) is 34.6 Å². The molecule has 1 aromatic carbocycles. The zero-order valence-corrected chi connectivity index (χ0v) is 10.9. The summed E-state index contributed by atoms with van der Waals surface area (Å²) in [7, 11) is 0. The Morgan fingerprint density at radius 1 is 1.10 bits per heavy atom. The molecule has 20 heavy (non-hydrogen) atoms. The summed E-state index contributed by atoms with van der Waals surface area (Å²) < 4.78 is 4.77. The van der Waals surface area contributed by atoms with Crippen molar-refractivity contribution in [2.75, 3.05) is 0 Å². The summed E-state index contributed by atoms with van der Waals surface area (Å²) in [5.74, 6) is -2.55. The van der Waals surface area contributed by atoms with Gasteiger partial charge in [0.2, 0.25) is 0 Å². The van der Waals surface area contributed by atoms with Gasteiger partial charge in [0.05, 0.1) is 11.1 Å². The number of aromatic hydroxyl groups is 2. The molecule has 0 fully saturated rings. The Kier molecular flexibility index (Phi) is 3.31. The molecular formula is C14H12O6. The summed E-state index contributed by atoms with van der Waals surface area (Å²) in [5, 5.41) is 20.2. The number of phenolic OH excluding ortho intramolecular Hbond substituents is 2. The van der Waals surface area contributed by atoms with Crippen LogP contribution in [0.1, 0.15) is 38.8 Å². The highest BCUT2D eigenvalue weighted by atomic mass is 16.5. The average Bonchev–Trinajstić information content (AvgIpc) is 2.38. The molecule has 0 atom stereocenters. The van der Waals surface area contributed by atoms with E-state index in [0.717, 1.165) is 12.2 Å². The van der Waals surface area contributed by atoms with Gasteiger partial charge in [0, 0.05) is 18.1 Å². The highest BCUT2D eigenvalue weighted by molar-refractivity contribution is 6.24. The molecule has 1 aliphatic carbocycles. The molecule has 0 radical (unpaired) electrons. The minimum atomic E-state index is -0.587. The van der Waals surface area contributed by atoms with Crippen molar-refractivity contribution >= 4 is 17.5 Å². The summed E-state index contributed by atoms with van der Waals surface area (Å²) in [6.07, 6.45) is 2.06. The van der Waals surface area contributed by atoms with Gasteiger partial charge in [0.25, 0.3) is 0 Å². The van der Waals surface area contributed by atoms with Crippen molar-refractivity contribution < 1.29 is 29.3 Å². The molecule has 0 amide bonds. The van der Waals surface area contributed by atoms with Crippen molar-refractivity contribution in [3.63, 3.8) is 0 Å². The number of rotatable bonds is 2. The van der Waals surface area contributed by atoms with Gasteiger partial charge in [-0.2, -0.15) is 0 Å². The molecule has 0 saturated heterocycles. The van der Waals surface area contributed by atoms with Gasteiger partial charge in [0.1, 0.15) is 18.1 Å². The van der Waals surface area contributed by atoms with Crippen molar-refractivity contribution in [2.45, 2.75) is 20.5 Å². The molecule has 0 aromatic heterocycles. The smallest absolute Gasteiger partial charge is 0.302 e. The van der Waals surface area contributed by atoms with Crippen molar-refractivity contribution in [3.8, 4) is 11.5 Å². The van der Waals surface area contributed by atoms with Crippen LogP contribution in [0.25, 0.3) is 0 Å². The molecule has 0 unspecified atom stereocenters. The minimum Gasteiger partial charge on any atom is -0.507 e. The number of allylic oxidation sites excluding steroid dienone is 2. The number of hydrogen-bond donors (Lipinski definition) is 2. The molecular weight excluding hydrogens is 264 g/mol. The van der Waals surface area contributed by atoms with Crippen molar-refractivity contribution in [1.82, 2.24) is 0 Å². The van der Waals surface area contributed by atoms with Gasteiger partial charge < -0.3 is 14.9 Å². The predicted octanol–water partition coefficient (Wildman–Crippen LogP) is 1.40. The van der Waals surface area contributed by atoms with Gasteiger partial charge in [-0.1, -0.05) is 0 Å². The van der Waals surface area contributed by atoms with E-state index in [4.69, 9.17) is 4.74 Å². The van der Waals surface area contributed by atoms with E-state index in [1.54, 1.807) is 0 Å². The number of fused-ring (bicyclic) bond motifs is 1. The fraction of sp³-hybridized carbons (Fsp3) is 0.214. The van der Waals surface area contributed by atoms with Crippen LogP contribution in [0.4, 0.5) is 0 Å². The highest BCUT2D eigenvalue weighted by Gasteiger charge is 2.30. The average molecular weight is 276 g/mol. The lowest BCUT2D eigenvalue weighted by atomic mass is 9.88. The Balaban J connectivity index is 2.67. The van der Waals surface area contributed by atoms with Crippen LogP contribution in [-0.4, -0.2) is 27.7 Å². The molecule has 6 heteroatoms. The summed E-state index contributed by atoms with van der Waals surface area (Å²) in [5.41, 5.74) is -0.186. The van der Waals surface area contributed by atoms with Crippen molar-refractivity contribution in [3.05, 3.63) is 34.4 Å². The highest BCUT2D eigenvalue weighted by Crippen LogP contribution is 2.39. The number of esters is 1. The molecule has 0 spiro atoms. The number of carbonyl (C=O) groups is 3. The third kappa shape index (κ3) is 2.05. The largest absolute Gasteiger partial charge is 0.507 e. The SMILES string of the molecule is CC(=O)OCc1c(C)c(O)c2c(c1O)C(=O)C=CC2=O. The number of ketones is 2. The molecule has 1 aromatic rings. The van der Waals surface area contributed by atoms with Crippen LogP contribution in [0.5, 0.6) is 11.5 Å². The van der Waals surface area contributed by atoms with Crippen LogP contribution in [-0.2, 0) is 16.1 Å². The van der Waals surface area contributed by atoms with E-state index in [1.165, 1.54) is 13.8 Å². The van der Waals surface area contributed by atoms with E-state index in [2.05, 4.69) is 0 Å². The molecule has 0 heterocycles. The third-order valence-corrected chi connectivity index (χ3v) is 3.12. The van der Waals surface area contributed by atoms with Gasteiger partial charge >= 0.3 is 5.97 Å². The molecule has 1 aliphatic rings. The van der Waals surface area contributed by atoms with Crippen molar-refractivity contribution in [2.24, 2.45) is 0 Å². The maximum Gasteiger partial charge on any atom is 0.302 e. The van der Waals surface area contributed by atoms with E-state index in [0.29, 0.717) is 0 Å². The van der Waals surface area contributed by atoms with Crippen LogP contribution in [0.2, 0.25) is 0 Å². The van der Waals surface area contributed by atoms with Gasteiger partial charge in [-0.15, -0.1) is 0 Å². The van der Waals surface area contributed by atoms with E-state index in [1.807, 2.05) is 0 Å². The molecule has 6 nitrogen and oxygen atoms in total. The zero-order valence-electron chi connectivity index (χ0n) is 10.9. The van der Waals surface area contributed by atoms with Crippen LogP contribution in [0, 0.1) is 6.92 Å². The van der Waals surface area contributed by atoms with Gasteiger partial charge in [-0.05, 0) is 19.1 Å². The maximum absolute atomic E-state index is 11.8. The fourth-order valence-corrected chi connectivity index (χ4v) is 2.04. The number of phenols is 2. The van der Waals surface area contributed by atoms with Crippen LogP contribution < -0.4 is 0 Å². The monoisotopic (exact) mass is 276 g/mol. The summed E-state index contributed by atoms with van der Waals surface area (Å²) in [4.78, 5) is 34.4. The second kappa shape index (κ2) is 4.80. The Morgan fingerprint density at radius 3 is 2.10 bits per heavy atom. The summed E-state index contributed by atoms with van der Waals surface area (Å²) in [6, 6.07) is 0. The molecule has 2 N–H and O–H groups in total. The zero-order chi connectivity index (χ0) is 15.0. The van der Waals surface area contributed by atoms with E-state index < -0.39 is 23.3 Å². The topological polar surface area (TPSA) is 101 Å². The number of carbonyl (C=O) groups excluding carboxylic acids is 3. The number of benzene rings is 1. The summed E-state index contributed by atoms with van der Waals surface area (Å²) in [6.45, 7) is 2.37. The van der Waals surface area contributed by atoms with Gasteiger partial charge in [0.15, 0.2) is 11.6 Å². The maximum atomic E-state index is 11.8. The summed E-state index contributed by atoms with van der Waals surface area (Å²) >= 11 is 0. The Hall–Kier alpha value is -2.63. The molecule has 0 aliphatic heterocycles. The van der Waals surface area contributed by atoms with Gasteiger partial charge in [-0.25, -0.2) is 0 Å². The molecule has 104 valence electrons. The second-order valence-corrected chi connectivity index (χ2v) is 4.39. The normalized spacial score (nSPS) is 13.3. The standard InChI is InChI=1S/C14H12O6/c1-6-8(5-20-7(2)15)14(19)12-10(17)4-3-9(16)11(12)13(6)18/h3-4,18-19H,5H2,1-2H3. The molecule has 0 saturated carbocycles. The van der Waals surface area contributed by atoms with Crippen LogP contribution in [0.15, 0.2) is 12.2 Å². The van der Waals surface area contributed by atoms with E-state index in [9.17, 15) is 24.6 Å². The molecule has 2 rings (SSSR count). The first-order valence-electron chi connectivity index (χ1n) is 5.82. The predicted molar refractivity (Wildman–Crippen MR) is 67.8 cm³/mol. The Bertz CT molecular complexity index is 669. The first kappa shape index (κ1) is 13.8. The molecule has 0 bridgehead atoms. The Labute approximate surface area is 114 Å².